The highest BCUT2D eigenvalue weighted by Gasteiger charge is 2.08. The van der Waals surface area contributed by atoms with E-state index in [-0.39, 0.29) is 5.73 Å². The molecule has 0 aliphatic rings. The summed E-state index contributed by atoms with van der Waals surface area (Å²) in [5, 5.41) is 11.1. The Kier molecular flexibility index (Phi) is 4.79. The topological polar surface area (TPSA) is 20.2 Å². The summed E-state index contributed by atoms with van der Waals surface area (Å²) in [5.41, 5.74) is 2.38. The van der Waals surface area contributed by atoms with Gasteiger partial charge in [0.1, 0.15) is 9.52 Å². The molecule has 0 bridgehead atoms. The van der Waals surface area contributed by atoms with Crippen LogP contribution >= 0.6 is 0 Å². The summed E-state index contributed by atoms with van der Waals surface area (Å²) in [6.07, 6.45) is 4.75. The van der Waals surface area contributed by atoms with Crippen LogP contribution < -0.4 is 5.19 Å². The van der Waals surface area contributed by atoms with Crippen molar-refractivity contribution in [1.29, 1.82) is 0 Å². The van der Waals surface area contributed by atoms with Gasteiger partial charge in [-0.15, -0.1) is 0 Å². The number of hydrogen-bond acceptors (Lipinski definition) is 1. The molecule has 0 amide bonds. The second-order valence-corrected chi connectivity index (χ2v) is 5.21. The van der Waals surface area contributed by atoms with Crippen LogP contribution in [0.15, 0.2) is 30.4 Å². The summed E-state index contributed by atoms with van der Waals surface area (Å²) in [5.74, 6) is 0. The van der Waals surface area contributed by atoms with E-state index < -0.39 is 0 Å². The second kappa shape index (κ2) is 5.88. The second-order valence-electron chi connectivity index (χ2n) is 3.71. The lowest BCUT2D eigenvalue weighted by atomic mass is 10.1. The molecule has 0 aliphatic heterocycles. The molecule has 0 spiro atoms. The van der Waals surface area contributed by atoms with Gasteiger partial charge >= 0.3 is 0 Å². The molecule has 80 valence electrons. The van der Waals surface area contributed by atoms with Gasteiger partial charge in [0.25, 0.3) is 0 Å². The minimum absolute atomic E-state index is 0.235. The number of benzene rings is 1. The average Bonchev–Trinajstić information content (AvgIpc) is 2.22. The first-order valence-corrected chi connectivity index (χ1v) is 6.35. The van der Waals surface area contributed by atoms with Crippen LogP contribution in [0.25, 0.3) is 0 Å². The van der Waals surface area contributed by atoms with E-state index in [1.807, 2.05) is 19.1 Å². The highest BCUT2D eigenvalue weighted by molar-refractivity contribution is 6.55. The predicted molar refractivity (Wildman–Crippen MR) is 66.7 cm³/mol. The Morgan fingerprint density at radius 2 is 2.13 bits per heavy atom. The molecular weight excluding hydrogens is 200 g/mol. The minimum Gasteiger partial charge on any atom is -0.396 e. The molecule has 2 heteroatoms. The molecule has 1 aromatic carbocycles. The van der Waals surface area contributed by atoms with Gasteiger partial charge in [0.05, 0.1) is 0 Å². The van der Waals surface area contributed by atoms with Gasteiger partial charge in [-0.2, -0.15) is 0 Å². The lowest BCUT2D eigenvalue weighted by molar-refractivity contribution is 0.257. The molecule has 1 nitrogen and oxygen atoms in total. The molecular formula is C13H18OSi. The Morgan fingerprint density at radius 1 is 1.40 bits per heavy atom. The van der Waals surface area contributed by atoms with Gasteiger partial charge in [-0.05, 0) is 38.3 Å². The van der Waals surface area contributed by atoms with Crippen molar-refractivity contribution in [3.63, 3.8) is 0 Å². The zero-order valence-corrected chi connectivity index (χ0v) is 10.6. The molecule has 1 N–H and O–H groups in total. The van der Waals surface area contributed by atoms with Gasteiger partial charge < -0.3 is 5.11 Å². The van der Waals surface area contributed by atoms with Crippen molar-refractivity contribution in [3.05, 3.63) is 41.5 Å². The predicted octanol–water partition coefficient (Wildman–Crippen LogP) is 1.92. The number of aliphatic hydroxyl groups is 1. The Labute approximate surface area is 94.7 Å². The summed E-state index contributed by atoms with van der Waals surface area (Å²) < 4.78 is 0. The summed E-state index contributed by atoms with van der Waals surface area (Å²) in [7, 11) is 0.488. The monoisotopic (exact) mass is 218 g/mol. The number of aryl methyl sites for hydroxylation is 1. The Hall–Kier alpha value is -0.863. The van der Waals surface area contributed by atoms with Gasteiger partial charge in [0.2, 0.25) is 0 Å². The zero-order valence-electron chi connectivity index (χ0n) is 9.62. The first-order chi connectivity index (χ1) is 7.15. The average molecular weight is 218 g/mol. The van der Waals surface area contributed by atoms with Crippen LogP contribution in [0.1, 0.15) is 24.5 Å². The maximum absolute atomic E-state index is 9.81. The fourth-order valence-corrected chi connectivity index (χ4v) is 2.63. The van der Waals surface area contributed by atoms with Crippen molar-refractivity contribution in [1.82, 2.24) is 0 Å². The van der Waals surface area contributed by atoms with E-state index in [4.69, 9.17) is 0 Å². The van der Waals surface area contributed by atoms with Crippen molar-refractivity contribution < 1.29 is 5.11 Å². The van der Waals surface area contributed by atoms with Crippen molar-refractivity contribution in [3.8, 4) is 0 Å². The number of hydrogen-bond donors (Lipinski definition) is 1. The van der Waals surface area contributed by atoms with E-state index >= 15 is 0 Å². The highest BCUT2D eigenvalue weighted by Crippen LogP contribution is 2.03. The molecule has 0 fully saturated rings. The van der Waals surface area contributed by atoms with Crippen molar-refractivity contribution in [2.45, 2.75) is 32.9 Å². The van der Waals surface area contributed by atoms with Gasteiger partial charge in [0.15, 0.2) is 0 Å². The maximum Gasteiger partial charge on any atom is 0.119 e. The molecule has 0 aliphatic carbocycles. The Bertz CT molecular complexity index is 344. The molecule has 2 radical (unpaired) electrons. The van der Waals surface area contributed by atoms with Gasteiger partial charge in [-0.3, -0.25) is 0 Å². The minimum atomic E-state index is -0.235. The quantitative estimate of drug-likeness (QED) is 0.605. The maximum atomic E-state index is 9.81. The number of aliphatic hydroxyl groups excluding tert-OH is 1. The summed E-state index contributed by atoms with van der Waals surface area (Å²) in [4.78, 5) is 0. The first kappa shape index (κ1) is 12.2. The van der Waals surface area contributed by atoms with Gasteiger partial charge in [-0.25, -0.2) is 0 Å². The largest absolute Gasteiger partial charge is 0.396 e. The van der Waals surface area contributed by atoms with Crippen LogP contribution in [0.2, 0.25) is 0 Å². The van der Waals surface area contributed by atoms with Crippen LogP contribution in [0.5, 0.6) is 0 Å². The van der Waals surface area contributed by atoms with E-state index in [9.17, 15) is 5.11 Å². The smallest absolute Gasteiger partial charge is 0.119 e. The fourth-order valence-electron chi connectivity index (χ4n) is 1.41. The lowest BCUT2D eigenvalue weighted by Crippen LogP contribution is -2.29. The van der Waals surface area contributed by atoms with Crippen LogP contribution in [0, 0.1) is 13.8 Å². The molecule has 1 atom stereocenters. The lowest BCUT2D eigenvalue weighted by Gasteiger charge is -2.11. The van der Waals surface area contributed by atoms with E-state index in [0.717, 1.165) is 6.42 Å². The first-order valence-electron chi connectivity index (χ1n) is 5.27. The Balaban J connectivity index is 2.68. The van der Waals surface area contributed by atoms with Gasteiger partial charge in [0, 0.05) is 5.73 Å². The van der Waals surface area contributed by atoms with E-state index in [2.05, 4.69) is 32.0 Å². The third kappa shape index (κ3) is 3.65. The summed E-state index contributed by atoms with van der Waals surface area (Å²) >= 11 is 0. The third-order valence-electron chi connectivity index (χ3n) is 2.52. The molecule has 0 saturated carbocycles. The molecule has 0 aromatic heterocycles. The fraction of sp³-hybridized carbons (Fsp3) is 0.385. The van der Waals surface area contributed by atoms with Crippen LogP contribution in [-0.4, -0.2) is 20.4 Å². The molecule has 1 aromatic rings. The molecule has 0 heterocycles. The van der Waals surface area contributed by atoms with Crippen molar-refractivity contribution in [2.75, 3.05) is 0 Å². The number of allylic oxidation sites excluding steroid dienone is 1. The normalized spacial score (nSPS) is 13.3. The highest BCUT2D eigenvalue weighted by atomic mass is 28.2. The standard InChI is InChI=1S/C13H18OSi/c1-4-5-9-13(14)15-12-8-6-7-10(2)11(12)3/h4-8,13-14H,9H2,1-3H3/b5-4-. The molecule has 15 heavy (non-hydrogen) atoms. The van der Waals surface area contributed by atoms with Crippen LogP contribution in [-0.2, 0) is 0 Å². The van der Waals surface area contributed by atoms with E-state index in [1.54, 1.807) is 0 Å². The Morgan fingerprint density at radius 3 is 2.80 bits per heavy atom. The number of rotatable bonds is 4. The van der Waals surface area contributed by atoms with E-state index in [1.165, 1.54) is 16.3 Å². The van der Waals surface area contributed by atoms with Crippen LogP contribution in [0.3, 0.4) is 0 Å². The van der Waals surface area contributed by atoms with Crippen molar-refractivity contribution >= 4 is 14.7 Å². The molecule has 0 saturated heterocycles. The zero-order chi connectivity index (χ0) is 11.3. The van der Waals surface area contributed by atoms with Gasteiger partial charge in [-0.1, -0.05) is 35.5 Å². The van der Waals surface area contributed by atoms with Crippen LogP contribution in [0.4, 0.5) is 0 Å². The van der Waals surface area contributed by atoms with Crippen molar-refractivity contribution in [2.24, 2.45) is 0 Å². The molecule has 1 rings (SSSR count). The van der Waals surface area contributed by atoms with E-state index in [0.29, 0.717) is 9.52 Å². The SMILES string of the molecule is C/C=C\CC(O)[Si]c1cccc(C)c1C. The summed E-state index contributed by atoms with van der Waals surface area (Å²) in [6, 6.07) is 6.29. The molecule has 1 unspecified atom stereocenters. The third-order valence-corrected chi connectivity index (χ3v) is 3.94. The summed E-state index contributed by atoms with van der Waals surface area (Å²) in [6.45, 7) is 6.22.